The number of hydrogen-bond acceptors (Lipinski definition) is 16. The summed E-state index contributed by atoms with van der Waals surface area (Å²) in [5.41, 5.74) is 23.4. The van der Waals surface area contributed by atoms with Crippen molar-refractivity contribution in [2.45, 2.75) is 84.0 Å². The van der Waals surface area contributed by atoms with Crippen LogP contribution in [0.1, 0.15) is 77.6 Å². The number of halogens is 1. The van der Waals surface area contributed by atoms with E-state index >= 15 is 0 Å². The number of fused-ring (bicyclic) bond motifs is 1. The molecule has 0 aliphatic heterocycles. The number of aromatic nitrogens is 1. The van der Waals surface area contributed by atoms with Crippen molar-refractivity contribution in [2.75, 3.05) is 86.3 Å². The number of carbonyl (C=O) groups excluding carboxylic acids is 3. The van der Waals surface area contributed by atoms with Gasteiger partial charge in [-0.1, -0.05) is 91.0 Å². The standard InChI is InChI=1S/C21H25N3.C11H14N2O3.C11H16N2O.C11H18N2.C9H8ClNO3.C9H9NO4.CH3.Pd/c1-16-14-21(19-11-4-5-12-20(19)22-16)23-18-10-6-8-17(15-18)9-7-13-24(2)3;1-12(2)11(14)7-6-9-4-3-5-10(8-9)13(15)16;1-13(2)11(14)7-6-9-4-3-5-10(12)8-9;1-13(2)8-4-6-10-5-3-7-11(12)9-10;10-9(12)5-4-7-2-1-3-8(6-7)11(13)14;11-9(12)5-4-7-2-1-3-8(6-7)10(13)14;;/h4-6,8,10-12,14-15H,7,9,13H2,1-3H3,(H,22,23);3-5,8H,6-7H2,1-2H3;3-5,8H,6-7,12H2,1-2H3;3,5,7,9H,4,6,8,12H2,1-2H3;1-3,6H,4-5H2;1-3,6H,4-5H2,(H,11,12);1H3;/q;;;;;;-1;. The largest absolute Gasteiger partial charge is 0.481 e. The molecular formula is C73H93ClN11O11Pd-. The quantitative estimate of drug-likeness (QED) is 0.0103. The zero-order valence-electron chi connectivity index (χ0n) is 57.1. The Balaban J connectivity index is 0.000000589. The van der Waals surface area contributed by atoms with Crippen molar-refractivity contribution in [1.29, 1.82) is 0 Å². The number of non-ortho nitro benzene ring substituents is 3. The van der Waals surface area contributed by atoms with Gasteiger partial charge in [-0.2, -0.15) is 0 Å². The van der Waals surface area contributed by atoms with E-state index in [9.17, 15) is 49.5 Å². The molecule has 0 saturated carbocycles. The molecule has 2 amide bonds. The summed E-state index contributed by atoms with van der Waals surface area (Å²) in [7, 11) is 15.3. The fraction of sp³-hybridized carbons (Fsp3) is 0.315. The fourth-order valence-corrected chi connectivity index (χ4v) is 9.08. The number of para-hydroxylation sites is 1. The molecule has 0 spiro atoms. The number of nitrogens with one attached hydrogen (secondary N) is 1. The molecule has 524 valence electrons. The van der Waals surface area contributed by atoms with Crippen LogP contribution in [0.25, 0.3) is 10.9 Å². The van der Waals surface area contributed by atoms with Gasteiger partial charge < -0.3 is 48.9 Å². The van der Waals surface area contributed by atoms with Gasteiger partial charge in [-0.15, -0.1) is 0 Å². The minimum Gasteiger partial charge on any atom is -0.481 e. The molecule has 22 nitrogen and oxygen atoms in total. The first-order valence-corrected chi connectivity index (χ1v) is 31.2. The van der Waals surface area contributed by atoms with Gasteiger partial charge in [0.1, 0.15) is 0 Å². The van der Waals surface area contributed by atoms with Crippen molar-refractivity contribution >= 4 is 85.3 Å². The van der Waals surface area contributed by atoms with Gasteiger partial charge in [-0.05, 0) is 193 Å². The average molecular weight is 1440 g/mol. The van der Waals surface area contributed by atoms with E-state index in [0.717, 1.165) is 88.4 Å². The molecule has 6 N–H and O–H groups in total. The summed E-state index contributed by atoms with van der Waals surface area (Å²) in [4.78, 5) is 85.4. The Bertz CT molecular complexity index is 3690. The number of rotatable bonds is 25. The summed E-state index contributed by atoms with van der Waals surface area (Å²) in [6.07, 6.45) is 7.70. The molecule has 1 aromatic heterocycles. The second-order valence-corrected chi connectivity index (χ2v) is 23.5. The molecule has 1 heterocycles. The molecule has 0 aliphatic rings. The maximum atomic E-state index is 11.3. The number of pyridine rings is 1. The molecule has 0 saturated heterocycles. The number of aliphatic carboxylic acids is 1. The molecule has 24 heteroatoms. The van der Waals surface area contributed by atoms with Crippen molar-refractivity contribution in [3.05, 3.63) is 253 Å². The van der Waals surface area contributed by atoms with Gasteiger partial charge >= 0.3 is 5.97 Å². The number of aryl methyl sites for hydroxylation is 7. The molecule has 0 bridgehead atoms. The Morgan fingerprint density at radius 1 is 0.485 bits per heavy atom. The number of benzene rings is 7. The monoisotopic (exact) mass is 1440 g/mol. The SMILES string of the molecule is CN(C)C(=O)CCc1cccc(N)c1.CN(C)C(=O)CCc1cccc([N+](=O)[O-])c1.CN(C)CCCc1cccc(N)c1.Cc1cc(Nc2cccc(CCCN(C)C)c2)c2ccccc2n1.O=C(Cl)CCc1cccc([N+](=O)[O-])c1.O=C(O)CCc1cccc([N+](=O)[O-])c1.[CH3-].[Pd]. The van der Waals surface area contributed by atoms with E-state index in [-0.39, 0.29) is 69.6 Å². The van der Waals surface area contributed by atoms with Crippen LogP contribution < -0.4 is 16.8 Å². The summed E-state index contributed by atoms with van der Waals surface area (Å²) >= 11 is 5.16. The van der Waals surface area contributed by atoms with Crippen molar-refractivity contribution in [1.82, 2.24) is 24.6 Å². The number of amides is 2. The topological polar surface area (TPSA) is 308 Å². The third-order valence-electron chi connectivity index (χ3n) is 13.9. The second kappa shape index (κ2) is 46.6. The van der Waals surface area contributed by atoms with Crippen LogP contribution in [0.3, 0.4) is 0 Å². The van der Waals surface area contributed by atoms with Crippen LogP contribution in [-0.4, -0.2) is 137 Å². The molecule has 0 unspecified atom stereocenters. The number of carbonyl (C=O) groups is 4. The van der Waals surface area contributed by atoms with Crippen LogP contribution in [0.5, 0.6) is 0 Å². The van der Waals surface area contributed by atoms with Gasteiger partial charge in [0.15, 0.2) is 0 Å². The van der Waals surface area contributed by atoms with E-state index < -0.39 is 26.0 Å². The van der Waals surface area contributed by atoms with Crippen molar-refractivity contribution in [3.8, 4) is 0 Å². The number of carboxylic acids is 1. The van der Waals surface area contributed by atoms with Crippen molar-refractivity contribution < 1.29 is 59.5 Å². The Morgan fingerprint density at radius 3 is 1.23 bits per heavy atom. The number of nitrogen functional groups attached to an aromatic ring is 2. The molecule has 0 radical (unpaired) electrons. The summed E-state index contributed by atoms with van der Waals surface area (Å²) in [6.45, 7) is 4.29. The first-order valence-electron chi connectivity index (χ1n) is 30.8. The van der Waals surface area contributed by atoms with E-state index in [1.165, 1.54) is 65.3 Å². The van der Waals surface area contributed by atoms with Gasteiger partial charge in [0.25, 0.3) is 17.1 Å². The molecule has 0 aliphatic carbocycles. The minimum absolute atomic E-state index is 0. The van der Waals surface area contributed by atoms with Crippen LogP contribution in [0.15, 0.2) is 176 Å². The first kappa shape index (κ1) is 85.5. The van der Waals surface area contributed by atoms with E-state index in [1.807, 2.05) is 49.4 Å². The molecule has 8 rings (SSSR count). The Hall–Kier alpha value is -9.50. The summed E-state index contributed by atoms with van der Waals surface area (Å²) in [5, 5.41) is 44.0. The first-order chi connectivity index (χ1) is 45.1. The van der Waals surface area contributed by atoms with Crippen LogP contribution in [0.2, 0.25) is 0 Å². The van der Waals surface area contributed by atoms with E-state index in [0.29, 0.717) is 37.7 Å². The van der Waals surface area contributed by atoms with E-state index in [2.05, 4.69) is 109 Å². The predicted octanol–water partition coefficient (Wildman–Crippen LogP) is 13.8. The van der Waals surface area contributed by atoms with Gasteiger partial charge in [0.2, 0.25) is 17.1 Å². The molecular weight excluding hydrogens is 1350 g/mol. The maximum Gasteiger partial charge on any atom is 0.303 e. The molecule has 0 fully saturated rings. The Kier molecular flexibility index (Phi) is 41.1. The summed E-state index contributed by atoms with van der Waals surface area (Å²) in [5.74, 6) is -0.740. The zero-order chi connectivity index (χ0) is 70.4. The molecule has 7 aromatic carbocycles. The van der Waals surface area contributed by atoms with Crippen molar-refractivity contribution in [2.24, 2.45) is 0 Å². The van der Waals surface area contributed by atoms with E-state index in [4.69, 9.17) is 28.2 Å². The number of nitro benzene ring substituents is 3. The smallest absolute Gasteiger partial charge is 0.303 e. The minimum atomic E-state index is -0.906. The molecule has 0 atom stereocenters. The van der Waals surface area contributed by atoms with Gasteiger partial charge in [0.05, 0.1) is 20.3 Å². The number of hydrogen-bond donors (Lipinski definition) is 4. The van der Waals surface area contributed by atoms with Crippen LogP contribution in [0, 0.1) is 44.7 Å². The Labute approximate surface area is 589 Å². The third-order valence-corrected chi connectivity index (χ3v) is 14.1. The predicted molar refractivity (Wildman–Crippen MR) is 387 cm³/mol. The molecule has 8 aromatic rings. The average Bonchev–Trinajstić information content (AvgIpc) is 0.843. The van der Waals surface area contributed by atoms with Gasteiger partial charge in [-0.25, -0.2) is 0 Å². The van der Waals surface area contributed by atoms with Gasteiger partial charge in [0, 0.05) is 145 Å². The van der Waals surface area contributed by atoms with E-state index in [1.54, 1.807) is 69.5 Å². The number of nitro groups is 3. The fourth-order valence-electron chi connectivity index (χ4n) is 8.99. The summed E-state index contributed by atoms with van der Waals surface area (Å²) < 4.78 is 0. The number of nitrogens with zero attached hydrogens (tertiary/aromatic N) is 8. The van der Waals surface area contributed by atoms with Crippen LogP contribution in [0.4, 0.5) is 39.8 Å². The van der Waals surface area contributed by atoms with Crippen molar-refractivity contribution in [3.63, 3.8) is 0 Å². The van der Waals surface area contributed by atoms with Crippen LogP contribution >= 0.6 is 11.6 Å². The number of anilines is 4. The van der Waals surface area contributed by atoms with Gasteiger partial charge in [-0.3, -0.25) is 54.5 Å². The molecule has 97 heavy (non-hydrogen) atoms. The normalized spacial score (nSPS) is 10.1. The summed E-state index contributed by atoms with van der Waals surface area (Å²) in [6, 6.07) is 53.4. The maximum absolute atomic E-state index is 11.3. The van der Waals surface area contributed by atoms with Crippen LogP contribution in [-0.2, 0) is 78.1 Å². The number of nitrogens with two attached hydrogens (primary N) is 2. The number of carboxylic acid groups (broad SMARTS) is 1. The Morgan fingerprint density at radius 2 is 0.845 bits per heavy atom. The third kappa shape index (κ3) is 36.8. The second-order valence-electron chi connectivity index (χ2n) is 23.1. The zero-order valence-corrected chi connectivity index (χ0v) is 59.4.